The Hall–Kier alpha value is -2.55. The van der Waals surface area contributed by atoms with E-state index in [1.165, 1.54) is 12.1 Å². The van der Waals surface area contributed by atoms with Crippen LogP contribution in [0.1, 0.15) is 25.3 Å². The first-order valence-corrected chi connectivity index (χ1v) is 10.9. The molecule has 1 saturated heterocycles. The van der Waals surface area contributed by atoms with Crippen molar-refractivity contribution >= 4 is 18.2 Å². The zero-order chi connectivity index (χ0) is 21.6. The van der Waals surface area contributed by atoms with Crippen molar-refractivity contribution in [2.24, 2.45) is 0 Å². The maximum Gasteiger partial charge on any atom is 0.155 e. The molecule has 3 heterocycles. The maximum absolute atomic E-state index is 13.3. The molecule has 4 rings (SSSR count). The smallest absolute Gasteiger partial charge is 0.155 e. The summed E-state index contributed by atoms with van der Waals surface area (Å²) in [5, 5.41) is 14.4. The molecule has 9 heteroatoms. The van der Waals surface area contributed by atoms with E-state index in [4.69, 9.17) is 0 Å². The van der Waals surface area contributed by atoms with Crippen molar-refractivity contribution in [1.82, 2.24) is 24.6 Å². The Bertz CT molecular complexity index is 975. The van der Waals surface area contributed by atoms with E-state index < -0.39 is 0 Å². The first kappa shape index (κ1) is 24.1. The second-order valence-corrected chi connectivity index (χ2v) is 8.01. The van der Waals surface area contributed by atoms with Crippen LogP contribution in [0, 0.1) is 5.82 Å². The van der Waals surface area contributed by atoms with E-state index in [-0.39, 0.29) is 24.3 Å². The summed E-state index contributed by atoms with van der Waals surface area (Å²) in [6, 6.07) is 6.39. The van der Waals surface area contributed by atoms with Crippen molar-refractivity contribution in [2.45, 2.75) is 39.0 Å². The largest absolute Gasteiger partial charge is 0.391 e. The number of benzene rings is 1. The van der Waals surface area contributed by atoms with E-state index in [1.807, 2.05) is 17.1 Å². The molecule has 3 aromatic rings. The fourth-order valence-corrected chi connectivity index (χ4v) is 3.98. The van der Waals surface area contributed by atoms with Gasteiger partial charge in [0.2, 0.25) is 0 Å². The molecule has 1 aromatic carbocycles. The molecule has 0 spiro atoms. The monoisotopic (exact) mass is 460 g/mol. The number of anilines is 1. The van der Waals surface area contributed by atoms with Gasteiger partial charge in [-0.1, -0.05) is 13.3 Å². The van der Waals surface area contributed by atoms with Gasteiger partial charge in [0, 0.05) is 62.4 Å². The number of hydrogen-bond donors (Lipinski definition) is 1. The van der Waals surface area contributed by atoms with Crippen LogP contribution < -0.4 is 4.90 Å². The summed E-state index contributed by atoms with van der Waals surface area (Å²) in [7, 11) is 0. The van der Waals surface area contributed by atoms with Crippen molar-refractivity contribution in [1.29, 1.82) is 0 Å². The van der Waals surface area contributed by atoms with Gasteiger partial charge >= 0.3 is 0 Å². The van der Waals surface area contributed by atoms with Crippen LogP contribution in [0.3, 0.4) is 0 Å². The number of halogens is 2. The highest BCUT2D eigenvalue weighted by Gasteiger charge is 2.22. The van der Waals surface area contributed by atoms with Crippen molar-refractivity contribution < 1.29 is 9.50 Å². The second kappa shape index (κ2) is 11.4. The average Bonchev–Trinajstić information content (AvgIpc) is 3.21. The van der Waals surface area contributed by atoms with Gasteiger partial charge in [0.25, 0.3) is 0 Å². The Balaban J connectivity index is 0.00000289. The third kappa shape index (κ3) is 6.03. The molecule has 172 valence electrons. The highest BCUT2D eigenvalue weighted by molar-refractivity contribution is 5.85. The van der Waals surface area contributed by atoms with Gasteiger partial charge in [0.1, 0.15) is 11.5 Å². The lowest BCUT2D eigenvalue weighted by molar-refractivity contribution is 0.139. The lowest BCUT2D eigenvalue weighted by atomic mass is 10.1. The number of rotatable bonds is 8. The summed E-state index contributed by atoms with van der Waals surface area (Å²) < 4.78 is 15.1. The van der Waals surface area contributed by atoms with Crippen molar-refractivity contribution in [3.63, 3.8) is 0 Å². The van der Waals surface area contributed by atoms with E-state index in [1.54, 1.807) is 24.5 Å². The van der Waals surface area contributed by atoms with E-state index in [9.17, 15) is 9.50 Å². The molecule has 7 nitrogen and oxygen atoms in total. The zero-order valence-corrected chi connectivity index (χ0v) is 19.1. The molecular formula is C23H30ClFN6O. The minimum absolute atomic E-state index is 0. The van der Waals surface area contributed by atoms with E-state index in [0.29, 0.717) is 6.54 Å². The summed E-state index contributed by atoms with van der Waals surface area (Å²) >= 11 is 0. The average molecular weight is 461 g/mol. The molecule has 0 aliphatic carbocycles. The van der Waals surface area contributed by atoms with Gasteiger partial charge in [-0.2, -0.15) is 5.10 Å². The molecular weight excluding hydrogens is 431 g/mol. The van der Waals surface area contributed by atoms with Crippen LogP contribution in [0.5, 0.6) is 0 Å². The van der Waals surface area contributed by atoms with E-state index >= 15 is 0 Å². The Morgan fingerprint density at radius 2 is 1.78 bits per heavy atom. The molecule has 1 N–H and O–H groups in total. The summed E-state index contributed by atoms with van der Waals surface area (Å²) in [5.74, 6) is 0.581. The summed E-state index contributed by atoms with van der Waals surface area (Å²) in [5.41, 5.74) is 2.80. The normalized spacial score (nSPS) is 15.4. The minimum atomic E-state index is -0.344. The van der Waals surface area contributed by atoms with Crippen molar-refractivity contribution in [3.05, 3.63) is 60.4 Å². The molecule has 0 bridgehead atoms. The number of nitrogens with zero attached hydrogens (tertiary/aromatic N) is 6. The Kier molecular flexibility index (Phi) is 8.55. The summed E-state index contributed by atoms with van der Waals surface area (Å²) in [6.45, 7) is 6.95. The minimum Gasteiger partial charge on any atom is -0.391 e. The molecule has 1 aliphatic heterocycles. The van der Waals surface area contributed by atoms with Gasteiger partial charge in [-0.15, -0.1) is 12.4 Å². The van der Waals surface area contributed by atoms with Gasteiger partial charge < -0.3 is 10.0 Å². The van der Waals surface area contributed by atoms with Crippen LogP contribution in [0.4, 0.5) is 10.2 Å². The van der Waals surface area contributed by atoms with Crippen LogP contribution in [0.15, 0.2) is 49.1 Å². The van der Waals surface area contributed by atoms with Gasteiger partial charge in [-0.3, -0.25) is 14.6 Å². The lowest BCUT2D eigenvalue weighted by Crippen LogP contribution is -2.46. The van der Waals surface area contributed by atoms with Crippen LogP contribution in [0.2, 0.25) is 0 Å². The SMILES string of the molecule is CCCC(O)Cn1cc(CN2CCN(c3nccnc3-c3ccc(F)cc3)CC2)cn1.Cl. The second-order valence-electron chi connectivity index (χ2n) is 8.01. The summed E-state index contributed by atoms with van der Waals surface area (Å²) in [4.78, 5) is 13.7. The highest BCUT2D eigenvalue weighted by atomic mass is 35.5. The quantitative estimate of drug-likeness (QED) is 0.555. The van der Waals surface area contributed by atoms with Crippen molar-refractivity contribution in [2.75, 3.05) is 31.1 Å². The van der Waals surface area contributed by atoms with Crippen LogP contribution in [-0.4, -0.2) is 62.0 Å². The van der Waals surface area contributed by atoms with Gasteiger partial charge in [0.15, 0.2) is 5.82 Å². The molecule has 32 heavy (non-hydrogen) atoms. The molecule has 0 saturated carbocycles. The van der Waals surface area contributed by atoms with Crippen LogP contribution >= 0.6 is 12.4 Å². The number of aliphatic hydroxyl groups excluding tert-OH is 1. The molecule has 1 unspecified atom stereocenters. The first-order valence-electron chi connectivity index (χ1n) is 10.9. The maximum atomic E-state index is 13.3. The zero-order valence-electron chi connectivity index (χ0n) is 18.3. The third-order valence-corrected chi connectivity index (χ3v) is 5.58. The topological polar surface area (TPSA) is 70.3 Å². The first-order chi connectivity index (χ1) is 15.1. The van der Waals surface area contributed by atoms with E-state index in [2.05, 4.69) is 31.8 Å². The third-order valence-electron chi connectivity index (χ3n) is 5.58. The summed E-state index contributed by atoms with van der Waals surface area (Å²) in [6.07, 6.45) is 8.71. The highest BCUT2D eigenvalue weighted by Crippen LogP contribution is 2.27. The van der Waals surface area contributed by atoms with E-state index in [0.717, 1.165) is 68.2 Å². The molecule has 2 aromatic heterocycles. The van der Waals surface area contributed by atoms with Gasteiger partial charge in [-0.25, -0.2) is 9.37 Å². The molecule has 1 fully saturated rings. The van der Waals surface area contributed by atoms with Crippen LogP contribution in [-0.2, 0) is 13.1 Å². The van der Waals surface area contributed by atoms with Crippen LogP contribution in [0.25, 0.3) is 11.3 Å². The standard InChI is InChI=1S/C23H29FN6O.ClH/c1-2-3-21(31)17-30-16-18(14-27-30)15-28-10-12-29(13-11-28)23-22(25-8-9-26-23)19-4-6-20(24)7-5-19;/h4-9,14,16,21,31H,2-3,10-13,15,17H2,1H3;1H. The number of aliphatic hydroxyl groups is 1. The molecule has 0 amide bonds. The predicted molar refractivity (Wildman–Crippen MR) is 125 cm³/mol. The predicted octanol–water partition coefficient (Wildman–Crippen LogP) is 3.38. The number of piperazine rings is 1. The lowest BCUT2D eigenvalue weighted by Gasteiger charge is -2.35. The molecule has 1 aliphatic rings. The van der Waals surface area contributed by atoms with Crippen molar-refractivity contribution in [3.8, 4) is 11.3 Å². The Morgan fingerprint density at radius 3 is 2.50 bits per heavy atom. The Labute approximate surface area is 194 Å². The van der Waals surface area contributed by atoms with Gasteiger partial charge in [0.05, 0.1) is 18.8 Å². The number of hydrogen-bond acceptors (Lipinski definition) is 6. The fraction of sp³-hybridized carbons (Fsp3) is 0.435. The van der Waals surface area contributed by atoms with Gasteiger partial charge in [-0.05, 0) is 30.7 Å². The number of aromatic nitrogens is 4. The molecule has 1 atom stereocenters. The fourth-order valence-electron chi connectivity index (χ4n) is 3.98. The Morgan fingerprint density at radius 1 is 1.06 bits per heavy atom. The molecule has 0 radical (unpaired) electrons.